The molecule has 0 aromatic carbocycles. The number of carboxylic acid groups (broad SMARTS) is 1. The van der Waals surface area contributed by atoms with E-state index in [1.165, 1.54) is 18.3 Å². The lowest BCUT2D eigenvalue weighted by Crippen LogP contribution is -2.13. The first-order valence-electron chi connectivity index (χ1n) is 3.20. The number of hydrogen-bond acceptors (Lipinski definition) is 4. The van der Waals surface area contributed by atoms with E-state index >= 15 is 0 Å². The fraction of sp³-hybridized carbons (Fsp3) is 0. The number of nitrogens with one attached hydrogen (secondary N) is 1. The fourth-order valence-electron chi connectivity index (χ4n) is 0.764. The molecule has 0 spiro atoms. The van der Waals surface area contributed by atoms with E-state index in [1.807, 2.05) is 0 Å². The Morgan fingerprint density at radius 1 is 1.69 bits per heavy atom. The molecule has 1 aromatic rings. The third kappa shape index (κ3) is 2.12. The van der Waals surface area contributed by atoms with Crippen LogP contribution in [0.2, 0.25) is 0 Å². The second kappa shape index (κ2) is 3.48. The van der Waals surface area contributed by atoms with Crippen molar-refractivity contribution < 1.29 is 14.9 Å². The Morgan fingerprint density at radius 2 is 2.38 bits per heavy atom. The summed E-state index contributed by atoms with van der Waals surface area (Å²) in [6.07, 6.45) is 1.24. The smallest absolute Gasteiger partial charge is 0.356 e. The average molecular weight is 183 g/mol. The molecule has 0 atom stereocenters. The van der Waals surface area contributed by atoms with Crippen LogP contribution in [-0.4, -0.2) is 21.1 Å². The Hall–Kier alpha value is -2.18. The van der Waals surface area contributed by atoms with Crippen molar-refractivity contribution in [3.63, 3.8) is 0 Å². The molecule has 0 aliphatic rings. The van der Waals surface area contributed by atoms with Crippen LogP contribution in [0.4, 0.5) is 5.69 Å². The molecule has 1 rings (SSSR count). The number of carbonyl (C=O) groups is 1. The number of hydrazine groups is 1. The molecule has 0 bridgehead atoms. The number of nitro groups is 1. The van der Waals surface area contributed by atoms with Crippen molar-refractivity contribution >= 4 is 11.7 Å². The van der Waals surface area contributed by atoms with Crippen LogP contribution in [-0.2, 0) is 0 Å². The van der Waals surface area contributed by atoms with Gasteiger partial charge in [0.1, 0.15) is 5.69 Å². The number of hydrogen-bond donors (Lipinski definition) is 2. The van der Waals surface area contributed by atoms with Crippen molar-refractivity contribution in [1.82, 2.24) is 4.98 Å². The van der Waals surface area contributed by atoms with Gasteiger partial charge >= 0.3 is 5.97 Å². The molecule has 0 amide bonds. The second-order valence-electron chi connectivity index (χ2n) is 2.07. The maximum absolute atomic E-state index is 10.5. The summed E-state index contributed by atoms with van der Waals surface area (Å²) in [6.45, 7) is 0. The molecule has 0 saturated heterocycles. The number of aromatic carboxylic acids is 1. The number of nitrogens with zero attached hydrogens (tertiary/aromatic N) is 2. The molecule has 7 heteroatoms. The summed E-state index contributed by atoms with van der Waals surface area (Å²) in [5.41, 5.74) is 1.22. The predicted molar refractivity (Wildman–Crippen MR) is 41.8 cm³/mol. The lowest BCUT2D eigenvalue weighted by atomic mass is 10.3. The SMILES string of the molecule is O=C(O)c1ncccc1N[N+](=O)[O-]. The largest absolute Gasteiger partial charge is 0.476 e. The molecular weight excluding hydrogens is 178 g/mol. The van der Waals surface area contributed by atoms with Crippen LogP contribution in [0.3, 0.4) is 0 Å². The topological polar surface area (TPSA) is 105 Å². The molecule has 68 valence electrons. The van der Waals surface area contributed by atoms with Gasteiger partial charge in [0.25, 0.3) is 0 Å². The molecule has 0 aliphatic carbocycles. The quantitative estimate of drug-likeness (QED) is 0.518. The average Bonchev–Trinajstić information content (AvgIpc) is 2.03. The van der Waals surface area contributed by atoms with E-state index in [1.54, 1.807) is 5.43 Å². The molecule has 0 unspecified atom stereocenters. The summed E-state index contributed by atoms with van der Waals surface area (Å²) >= 11 is 0. The van der Waals surface area contributed by atoms with E-state index in [2.05, 4.69) is 4.98 Å². The van der Waals surface area contributed by atoms with Gasteiger partial charge in [-0.15, -0.1) is 5.43 Å². The lowest BCUT2D eigenvalue weighted by Gasteiger charge is -1.99. The van der Waals surface area contributed by atoms with E-state index in [0.29, 0.717) is 0 Å². The first kappa shape index (κ1) is 8.91. The van der Waals surface area contributed by atoms with Crippen LogP contribution < -0.4 is 5.43 Å². The molecule has 0 saturated carbocycles. The van der Waals surface area contributed by atoms with Crippen LogP contribution in [0.25, 0.3) is 0 Å². The summed E-state index contributed by atoms with van der Waals surface area (Å²) in [7, 11) is 0. The number of pyridine rings is 1. The van der Waals surface area contributed by atoms with Crippen LogP contribution in [0.5, 0.6) is 0 Å². The number of carboxylic acids is 1. The van der Waals surface area contributed by atoms with Gasteiger partial charge in [-0.25, -0.2) is 19.9 Å². The Balaban J connectivity index is 3.04. The minimum atomic E-state index is -1.31. The Labute approximate surface area is 72.1 Å². The van der Waals surface area contributed by atoms with Crippen LogP contribution >= 0.6 is 0 Å². The first-order valence-corrected chi connectivity index (χ1v) is 3.20. The van der Waals surface area contributed by atoms with E-state index in [9.17, 15) is 14.9 Å². The predicted octanol–water partition coefficient (Wildman–Crippen LogP) is 0.383. The second-order valence-corrected chi connectivity index (χ2v) is 2.07. The third-order valence-corrected chi connectivity index (χ3v) is 1.22. The van der Waals surface area contributed by atoms with Gasteiger partial charge in [0.2, 0.25) is 0 Å². The molecule has 7 nitrogen and oxygen atoms in total. The van der Waals surface area contributed by atoms with E-state index in [0.717, 1.165) is 0 Å². The standard InChI is InChI=1S/C6H5N3O4/c10-6(11)5-4(8-9(12)13)2-1-3-7-5/h1-3,8H,(H,10,11). The van der Waals surface area contributed by atoms with Gasteiger partial charge in [0, 0.05) is 6.20 Å². The minimum absolute atomic E-state index is 0.139. The summed E-state index contributed by atoms with van der Waals surface area (Å²) in [5.74, 6) is -1.31. The van der Waals surface area contributed by atoms with Crippen molar-refractivity contribution in [3.05, 3.63) is 34.1 Å². The molecule has 0 radical (unpaired) electrons. The van der Waals surface area contributed by atoms with E-state index in [-0.39, 0.29) is 11.4 Å². The van der Waals surface area contributed by atoms with Gasteiger partial charge in [-0.3, -0.25) is 0 Å². The highest BCUT2D eigenvalue weighted by molar-refractivity contribution is 5.91. The fourth-order valence-corrected chi connectivity index (χ4v) is 0.764. The number of anilines is 1. The van der Waals surface area contributed by atoms with Gasteiger partial charge in [-0.05, 0) is 12.1 Å². The molecule has 1 aromatic heterocycles. The van der Waals surface area contributed by atoms with E-state index < -0.39 is 11.0 Å². The molecule has 13 heavy (non-hydrogen) atoms. The third-order valence-electron chi connectivity index (χ3n) is 1.22. The van der Waals surface area contributed by atoms with Crippen molar-refractivity contribution in [3.8, 4) is 0 Å². The van der Waals surface area contributed by atoms with Gasteiger partial charge in [0.15, 0.2) is 10.7 Å². The molecular formula is C6H5N3O4. The maximum Gasteiger partial charge on any atom is 0.356 e. The van der Waals surface area contributed by atoms with Crippen molar-refractivity contribution in [2.75, 3.05) is 5.43 Å². The minimum Gasteiger partial charge on any atom is -0.476 e. The normalized spacial score (nSPS) is 9.23. The van der Waals surface area contributed by atoms with Gasteiger partial charge in [-0.2, -0.15) is 0 Å². The summed E-state index contributed by atoms with van der Waals surface area (Å²) < 4.78 is 0. The van der Waals surface area contributed by atoms with Gasteiger partial charge in [0.05, 0.1) is 0 Å². The summed E-state index contributed by atoms with van der Waals surface area (Å²) in [4.78, 5) is 24.0. The Morgan fingerprint density at radius 3 is 2.92 bits per heavy atom. The molecule has 0 aliphatic heterocycles. The van der Waals surface area contributed by atoms with Crippen molar-refractivity contribution in [2.24, 2.45) is 0 Å². The zero-order valence-corrected chi connectivity index (χ0v) is 6.30. The van der Waals surface area contributed by atoms with Crippen LogP contribution in [0.1, 0.15) is 10.5 Å². The van der Waals surface area contributed by atoms with E-state index in [4.69, 9.17) is 5.11 Å². The summed E-state index contributed by atoms with van der Waals surface area (Å²) in [6, 6.07) is 2.66. The highest BCUT2D eigenvalue weighted by atomic mass is 16.7. The summed E-state index contributed by atoms with van der Waals surface area (Å²) in [5, 5.41) is 17.7. The Bertz CT molecular complexity index is 351. The van der Waals surface area contributed by atoms with Crippen LogP contribution in [0, 0.1) is 10.1 Å². The van der Waals surface area contributed by atoms with Crippen molar-refractivity contribution in [2.45, 2.75) is 0 Å². The monoisotopic (exact) mass is 183 g/mol. The zero-order valence-electron chi connectivity index (χ0n) is 6.30. The maximum atomic E-state index is 10.5. The Kier molecular flexibility index (Phi) is 2.38. The molecule has 2 N–H and O–H groups in total. The number of rotatable bonds is 3. The molecule has 1 heterocycles. The zero-order chi connectivity index (χ0) is 9.84. The first-order chi connectivity index (χ1) is 6.11. The van der Waals surface area contributed by atoms with Crippen LogP contribution in [0.15, 0.2) is 18.3 Å². The molecule has 0 fully saturated rings. The lowest BCUT2D eigenvalue weighted by molar-refractivity contribution is -0.445. The number of aromatic nitrogens is 1. The highest BCUT2D eigenvalue weighted by Gasteiger charge is 2.13. The highest BCUT2D eigenvalue weighted by Crippen LogP contribution is 2.10. The van der Waals surface area contributed by atoms with Crippen molar-refractivity contribution in [1.29, 1.82) is 0 Å². The van der Waals surface area contributed by atoms with Gasteiger partial charge < -0.3 is 5.11 Å². The van der Waals surface area contributed by atoms with Gasteiger partial charge in [-0.1, -0.05) is 0 Å².